The molecule has 3 aromatic rings. The summed E-state index contributed by atoms with van der Waals surface area (Å²) in [5.74, 6) is 0.489. The number of pyridine rings is 1. The standard InChI is InChI=1S/C32H39FN4O5/c1-23(2)22-41-32(39)36-16-15-35(20-24(36)3)21-25-5-10-28(11-6-25)37(17-18-40-4)31(38)26-7-14-30(34-19-26)42-29-12-8-27(33)9-13-29/h5-14,19,23-24H,15-18,20-22H2,1-4H3/t24-/m0/s1. The van der Waals surface area contributed by atoms with Gasteiger partial charge in [-0.15, -0.1) is 0 Å². The maximum Gasteiger partial charge on any atom is 0.410 e. The highest BCUT2D eigenvalue weighted by Gasteiger charge is 2.28. The summed E-state index contributed by atoms with van der Waals surface area (Å²) in [5, 5.41) is 0. The van der Waals surface area contributed by atoms with Crippen LogP contribution in [-0.2, 0) is 16.0 Å². The zero-order valence-corrected chi connectivity index (χ0v) is 24.7. The summed E-state index contributed by atoms with van der Waals surface area (Å²) in [6, 6.07) is 16.9. The van der Waals surface area contributed by atoms with Gasteiger partial charge >= 0.3 is 6.09 Å². The Morgan fingerprint density at radius 2 is 1.79 bits per heavy atom. The average molecular weight is 579 g/mol. The molecule has 1 saturated heterocycles. The van der Waals surface area contributed by atoms with Crippen molar-refractivity contribution in [3.63, 3.8) is 0 Å². The zero-order valence-electron chi connectivity index (χ0n) is 24.7. The van der Waals surface area contributed by atoms with Gasteiger partial charge in [-0.05, 0) is 60.9 Å². The summed E-state index contributed by atoms with van der Waals surface area (Å²) in [5.41, 5.74) is 2.27. The second-order valence-electron chi connectivity index (χ2n) is 10.8. The lowest BCUT2D eigenvalue weighted by atomic mass is 10.1. The number of carbonyl (C=O) groups excluding carboxylic acids is 2. The van der Waals surface area contributed by atoms with E-state index in [1.165, 1.54) is 30.5 Å². The van der Waals surface area contributed by atoms with Gasteiger partial charge in [0.25, 0.3) is 5.91 Å². The van der Waals surface area contributed by atoms with E-state index in [0.717, 1.165) is 30.9 Å². The maximum atomic E-state index is 13.5. The number of halogens is 1. The average Bonchev–Trinajstić information content (AvgIpc) is 2.98. The molecular formula is C32H39FN4O5. The molecule has 1 atom stereocenters. The Morgan fingerprint density at radius 1 is 1.05 bits per heavy atom. The van der Waals surface area contributed by atoms with E-state index in [1.54, 1.807) is 29.0 Å². The van der Waals surface area contributed by atoms with Gasteiger partial charge in [-0.3, -0.25) is 9.69 Å². The predicted octanol–water partition coefficient (Wildman–Crippen LogP) is 5.60. The van der Waals surface area contributed by atoms with E-state index in [4.69, 9.17) is 14.2 Å². The van der Waals surface area contributed by atoms with Gasteiger partial charge in [0, 0.05) is 63.8 Å². The first-order valence-corrected chi connectivity index (χ1v) is 14.2. The summed E-state index contributed by atoms with van der Waals surface area (Å²) in [6.45, 7) is 10.1. The molecule has 224 valence electrons. The van der Waals surface area contributed by atoms with Crippen molar-refractivity contribution in [3.05, 3.63) is 83.8 Å². The molecule has 4 rings (SSSR count). The molecule has 1 aliphatic heterocycles. The molecule has 0 spiro atoms. The highest BCUT2D eigenvalue weighted by atomic mass is 19.1. The second kappa shape index (κ2) is 14.7. The highest BCUT2D eigenvalue weighted by molar-refractivity contribution is 6.06. The molecule has 42 heavy (non-hydrogen) atoms. The third kappa shape index (κ3) is 8.50. The van der Waals surface area contributed by atoms with Crippen molar-refractivity contribution in [2.45, 2.75) is 33.4 Å². The quantitative estimate of drug-likeness (QED) is 0.293. The molecule has 9 nitrogen and oxygen atoms in total. The molecule has 0 N–H and O–H groups in total. The number of piperazine rings is 1. The van der Waals surface area contributed by atoms with Gasteiger partial charge in [-0.25, -0.2) is 14.2 Å². The van der Waals surface area contributed by atoms with Crippen LogP contribution in [0.5, 0.6) is 11.6 Å². The molecule has 10 heteroatoms. The first kappa shape index (κ1) is 30.9. The first-order valence-electron chi connectivity index (χ1n) is 14.2. The van der Waals surface area contributed by atoms with E-state index in [1.807, 2.05) is 45.0 Å². The summed E-state index contributed by atoms with van der Waals surface area (Å²) in [6.07, 6.45) is 1.22. The number of rotatable bonds is 11. The number of ether oxygens (including phenoxy) is 3. The van der Waals surface area contributed by atoms with Crippen LogP contribution in [0, 0.1) is 11.7 Å². The molecule has 1 aromatic heterocycles. The van der Waals surface area contributed by atoms with Crippen LogP contribution in [0.3, 0.4) is 0 Å². The monoisotopic (exact) mass is 578 g/mol. The van der Waals surface area contributed by atoms with Crippen LogP contribution in [0.4, 0.5) is 14.9 Å². The van der Waals surface area contributed by atoms with Crippen LogP contribution in [0.1, 0.15) is 36.7 Å². The van der Waals surface area contributed by atoms with Gasteiger partial charge in [0.05, 0.1) is 18.8 Å². The Bertz CT molecular complexity index is 1300. The number of hydrogen-bond acceptors (Lipinski definition) is 7. The minimum Gasteiger partial charge on any atom is -0.449 e. The smallest absolute Gasteiger partial charge is 0.410 e. The minimum absolute atomic E-state index is 0.0564. The molecule has 2 amide bonds. The number of nitrogens with zero attached hydrogens (tertiary/aromatic N) is 4. The van der Waals surface area contributed by atoms with Crippen LogP contribution in [0.15, 0.2) is 66.9 Å². The second-order valence-corrected chi connectivity index (χ2v) is 10.8. The lowest BCUT2D eigenvalue weighted by molar-refractivity contribution is 0.0443. The summed E-state index contributed by atoms with van der Waals surface area (Å²) in [7, 11) is 1.60. The van der Waals surface area contributed by atoms with Crippen molar-refractivity contribution in [3.8, 4) is 11.6 Å². The number of benzene rings is 2. The molecule has 0 aliphatic carbocycles. The van der Waals surface area contributed by atoms with Crippen molar-refractivity contribution < 1.29 is 28.2 Å². The number of aromatic nitrogens is 1. The van der Waals surface area contributed by atoms with Crippen LogP contribution in [-0.4, -0.2) is 79.3 Å². The Hall–Kier alpha value is -4.02. The van der Waals surface area contributed by atoms with Crippen molar-refractivity contribution in [1.82, 2.24) is 14.8 Å². The SMILES string of the molecule is COCCN(C(=O)c1ccc(Oc2ccc(F)cc2)nc1)c1ccc(CN2CCN(C(=O)OCC(C)C)[C@@H](C)C2)cc1. The lowest BCUT2D eigenvalue weighted by Crippen LogP contribution is -2.53. The third-order valence-electron chi connectivity index (χ3n) is 6.92. The van der Waals surface area contributed by atoms with Gasteiger partial charge in [-0.2, -0.15) is 0 Å². The van der Waals surface area contributed by atoms with Crippen LogP contribution in [0.2, 0.25) is 0 Å². The number of hydrogen-bond donors (Lipinski definition) is 0. The van der Waals surface area contributed by atoms with Gasteiger partial charge in [0.1, 0.15) is 11.6 Å². The molecule has 0 saturated carbocycles. The molecule has 2 aromatic carbocycles. The molecule has 0 radical (unpaired) electrons. The van der Waals surface area contributed by atoms with E-state index in [2.05, 4.69) is 9.88 Å². The Kier molecular flexibility index (Phi) is 10.9. The zero-order chi connectivity index (χ0) is 30.1. The van der Waals surface area contributed by atoms with Crippen LogP contribution >= 0.6 is 0 Å². The largest absolute Gasteiger partial charge is 0.449 e. The van der Waals surface area contributed by atoms with Crippen molar-refractivity contribution in [2.75, 3.05) is 51.4 Å². The maximum absolute atomic E-state index is 13.5. The lowest BCUT2D eigenvalue weighted by Gasteiger charge is -2.39. The Balaban J connectivity index is 1.37. The molecule has 1 fully saturated rings. The number of carbonyl (C=O) groups is 2. The van der Waals surface area contributed by atoms with E-state index in [9.17, 15) is 14.0 Å². The third-order valence-corrected chi connectivity index (χ3v) is 6.92. The van der Waals surface area contributed by atoms with E-state index >= 15 is 0 Å². The van der Waals surface area contributed by atoms with Crippen LogP contribution < -0.4 is 9.64 Å². The normalized spacial score (nSPS) is 15.5. The summed E-state index contributed by atoms with van der Waals surface area (Å²) in [4.78, 5) is 35.9. The van der Waals surface area contributed by atoms with E-state index in [0.29, 0.717) is 49.4 Å². The fraction of sp³-hybridized carbons (Fsp3) is 0.406. The molecule has 1 aliphatic rings. The highest BCUT2D eigenvalue weighted by Crippen LogP contribution is 2.23. The van der Waals surface area contributed by atoms with Crippen molar-refractivity contribution in [2.24, 2.45) is 5.92 Å². The molecule has 0 unspecified atom stereocenters. The van der Waals surface area contributed by atoms with E-state index < -0.39 is 0 Å². The first-order chi connectivity index (χ1) is 20.2. The number of methoxy groups -OCH3 is 1. The molecule has 0 bridgehead atoms. The topological polar surface area (TPSA) is 84.4 Å². The van der Waals surface area contributed by atoms with Gasteiger partial charge in [-0.1, -0.05) is 26.0 Å². The minimum atomic E-state index is -0.353. The summed E-state index contributed by atoms with van der Waals surface area (Å²) >= 11 is 0. The Morgan fingerprint density at radius 3 is 2.40 bits per heavy atom. The van der Waals surface area contributed by atoms with Gasteiger partial charge in [0.2, 0.25) is 5.88 Å². The predicted molar refractivity (Wildman–Crippen MR) is 158 cm³/mol. The van der Waals surface area contributed by atoms with Crippen LogP contribution in [0.25, 0.3) is 0 Å². The number of anilines is 1. The van der Waals surface area contributed by atoms with Crippen molar-refractivity contribution in [1.29, 1.82) is 0 Å². The summed E-state index contributed by atoms with van der Waals surface area (Å²) < 4.78 is 29.5. The molecule has 2 heterocycles. The number of amides is 2. The fourth-order valence-electron chi connectivity index (χ4n) is 4.69. The van der Waals surface area contributed by atoms with Crippen molar-refractivity contribution >= 4 is 17.7 Å². The Labute approximate surface area is 246 Å². The van der Waals surface area contributed by atoms with E-state index in [-0.39, 0.29) is 23.9 Å². The molecular weight excluding hydrogens is 539 g/mol. The fourth-order valence-corrected chi connectivity index (χ4v) is 4.69. The van der Waals surface area contributed by atoms with Gasteiger partial charge < -0.3 is 24.0 Å². The van der Waals surface area contributed by atoms with Gasteiger partial charge in [0.15, 0.2) is 0 Å².